The lowest BCUT2D eigenvalue weighted by molar-refractivity contribution is -0.140. The average Bonchev–Trinajstić information content (AvgIpc) is 2.68. The van der Waals surface area contributed by atoms with Gasteiger partial charge in [0.25, 0.3) is 10.1 Å². The van der Waals surface area contributed by atoms with Gasteiger partial charge in [0, 0.05) is 33.6 Å². The van der Waals surface area contributed by atoms with Crippen LogP contribution in [0, 0.1) is 11.8 Å². The molecule has 0 aliphatic carbocycles. The Hall–Kier alpha value is -1.87. The molecule has 0 saturated heterocycles. The van der Waals surface area contributed by atoms with Gasteiger partial charge in [-0.15, -0.1) is 0 Å². The summed E-state index contributed by atoms with van der Waals surface area (Å²) in [5.41, 5.74) is 0. The highest BCUT2D eigenvalue weighted by Crippen LogP contribution is 2.35. The molecule has 0 saturated carbocycles. The first-order chi connectivity index (χ1) is 14.6. The van der Waals surface area contributed by atoms with Crippen LogP contribution in [0.2, 0.25) is 10.0 Å². The van der Waals surface area contributed by atoms with Gasteiger partial charge in [0.2, 0.25) is 5.91 Å². The van der Waals surface area contributed by atoms with E-state index in [-0.39, 0.29) is 41.1 Å². The van der Waals surface area contributed by atoms with E-state index in [0.717, 1.165) is 12.1 Å². The minimum atomic E-state index is -4.53. The van der Waals surface area contributed by atoms with E-state index < -0.39 is 33.2 Å². The summed E-state index contributed by atoms with van der Waals surface area (Å²) in [4.78, 5) is 25.8. The van der Waals surface area contributed by atoms with Crippen molar-refractivity contribution >= 4 is 45.2 Å². The van der Waals surface area contributed by atoms with Gasteiger partial charge < -0.3 is 19.1 Å². The van der Waals surface area contributed by atoms with E-state index in [1.165, 1.54) is 14.2 Å². The fourth-order valence-corrected chi connectivity index (χ4v) is 4.04. The van der Waals surface area contributed by atoms with Gasteiger partial charge in [-0.1, -0.05) is 35.0 Å². The highest BCUT2D eigenvalue weighted by molar-refractivity contribution is 7.85. The fraction of sp³-hybridized carbons (Fsp3) is 0.474. The van der Waals surface area contributed by atoms with Gasteiger partial charge in [0.05, 0.1) is 27.9 Å². The van der Waals surface area contributed by atoms with Crippen molar-refractivity contribution < 1.29 is 36.8 Å². The van der Waals surface area contributed by atoms with Gasteiger partial charge in [0.1, 0.15) is 12.2 Å². The molecule has 1 aromatic rings. The molecule has 0 fully saturated rings. The zero-order valence-corrected chi connectivity index (χ0v) is 19.1. The molecule has 0 aromatic heterocycles. The number of nitrogens with zero attached hydrogens (tertiary/aromatic N) is 1. The first-order valence-electron chi connectivity index (χ1n) is 9.05. The number of amides is 1. The van der Waals surface area contributed by atoms with Crippen molar-refractivity contribution in [1.82, 2.24) is 4.90 Å². The highest BCUT2D eigenvalue weighted by atomic mass is 35.5. The van der Waals surface area contributed by atoms with Gasteiger partial charge in [-0.2, -0.15) is 8.42 Å². The van der Waals surface area contributed by atoms with E-state index in [1.807, 2.05) is 0 Å². The normalized spacial score (nSPS) is 19.1. The molecule has 1 aromatic carbocycles. The standard InChI is InChI=1S/C19H21Cl2NO8S/c1-28-15-5-3-4-8-22(11-16(15)29-2)17(23)6-7-18(24)30-19-13(20)9-12(10-14(19)21)31(25,26)27/h9-10,15-16H,4,6-8,11H2,1-2H3,(H,25,26,27)/t15-,16?/m0/s1. The fourth-order valence-electron chi connectivity index (χ4n) is 2.81. The van der Waals surface area contributed by atoms with Crippen molar-refractivity contribution in [2.24, 2.45) is 0 Å². The lowest BCUT2D eigenvalue weighted by atomic mass is 10.1. The summed E-state index contributed by atoms with van der Waals surface area (Å²) in [7, 11) is -1.52. The first kappa shape index (κ1) is 25.4. The second-order valence-electron chi connectivity index (χ2n) is 6.51. The maximum Gasteiger partial charge on any atom is 0.311 e. The molecule has 0 radical (unpaired) electrons. The second-order valence-corrected chi connectivity index (χ2v) is 8.74. The van der Waals surface area contributed by atoms with Crippen LogP contribution in [-0.4, -0.2) is 69.3 Å². The Kier molecular flexibility index (Phi) is 9.12. The smallest absolute Gasteiger partial charge is 0.311 e. The summed E-state index contributed by atoms with van der Waals surface area (Å²) >= 11 is 11.8. The van der Waals surface area contributed by atoms with Crippen molar-refractivity contribution in [3.8, 4) is 17.6 Å². The lowest BCUT2D eigenvalue weighted by Crippen LogP contribution is -2.45. The van der Waals surface area contributed by atoms with E-state index in [4.69, 9.17) is 42.0 Å². The molecule has 0 spiro atoms. The molecular formula is C19H21Cl2NO8S. The summed E-state index contributed by atoms with van der Waals surface area (Å²) < 4.78 is 47.2. The Labute approximate surface area is 190 Å². The summed E-state index contributed by atoms with van der Waals surface area (Å²) in [6, 6.07) is 1.80. The maximum absolute atomic E-state index is 12.6. The molecule has 170 valence electrons. The number of rotatable bonds is 7. The van der Waals surface area contributed by atoms with Crippen LogP contribution < -0.4 is 4.74 Å². The van der Waals surface area contributed by atoms with Gasteiger partial charge >= 0.3 is 5.97 Å². The number of carbonyl (C=O) groups excluding carboxylic acids is 2. The van der Waals surface area contributed by atoms with Crippen molar-refractivity contribution in [2.45, 2.75) is 36.4 Å². The molecule has 2 rings (SSSR count). The van der Waals surface area contributed by atoms with Crippen molar-refractivity contribution in [2.75, 3.05) is 27.3 Å². The Morgan fingerprint density at radius 2 is 1.84 bits per heavy atom. The van der Waals surface area contributed by atoms with E-state index in [1.54, 1.807) is 4.90 Å². The van der Waals surface area contributed by atoms with Gasteiger partial charge in [-0.05, 0) is 12.1 Å². The summed E-state index contributed by atoms with van der Waals surface area (Å²) in [5, 5.41) is -0.564. The molecule has 2 atom stereocenters. The third-order valence-corrected chi connectivity index (χ3v) is 5.82. The lowest BCUT2D eigenvalue weighted by Gasteiger charge is -2.30. The second kappa shape index (κ2) is 11.1. The summed E-state index contributed by atoms with van der Waals surface area (Å²) in [5.74, 6) is 4.53. The maximum atomic E-state index is 12.6. The average molecular weight is 494 g/mol. The first-order valence-corrected chi connectivity index (χ1v) is 11.3. The minimum Gasteiger partial charge on any atom is -0.423 e. The van der Waals surface area contributed by atoms with Crippen LogP contribution in [0.1, 0.15) is 19.3 Å². The zero-order valence-electron chi connectivity index (χ0n) is 16.8. The monoisotopic (exact) mass is 493 g/mol. The van der Waals surface area contributed by atoms with Crippen LogP contribution >= 0.6 is 23.2 Å². The third kappa shape index (κ3) is 7.07. The van der Waals surface area contributed by atoms with Gasteiger partial charge in [-0.3, -0.25) is 14.1 Å². The van der Waals surface area contributed by atoms with Crippen molar-refractivity contribution in [1.29, 1.82) is 0 Å². The predicted molar refractivity (Wildman–Crippen MR) is 112 cm³/mol. The SMILES string of the molecule is COC1CN(C(=O)CCC(=O)Oc2c(Cl)cc(S(=O)(=O)O)cc2Cl)CCC#C[C@@H]1OC. The Balaban J connectivity index is 2.00. The minimum absolute atomic E-state index is 0.140. The number of methoxy groups -OCH3 is 2. The number of hydrogen-bond donors (Lipinski definition) is 1. The predicted octanol–water partition coefficient (Wildman–Crippen LogP) is 2.19. The van der Waals surface area contributed by atoms with E-state index in [9.17, 15) is 18.0 Å². The molecular weight excluding hydrogens is 473 g/mol. The van der Waals surface area contributed by atoms with Crippen LogP contribution in [0.4, 0.5) is 0 Å². The van der Waals surface area contributed by atoms with E-state index in [2.05, 4.69) is 11.8 Å². The molecule has 1 N–H and O–H groups in total. The Morgan fingerprint density at radius 1 is 1.19 bits per heavy atom. The number of hydrogen-bond acceptors (Lipinski definition) is 7. The topological polar surface area (TPSA) is 119 Å². The van der Waals surface area contributed by atoms with Crippen molar-refractivity contribution in [3.05, 3.63) is 22.2 Å². The quantitative estimate of drug-likeness (QED) is 0.265. The van der Waals surface area contributed by atoms with Crippen molar-refractivity contribution in [3.63, 3.8) is 0 Å². The largest absolute Gasteiger partial charge is 0.423 e. The van der Waals surface area contributed by atoms with Crippen LogP contribution in [0.15, 0.2) is 17.0 Å². The molecule has 9 nitrogen and oxygen atoms in total. The number of benzene rings is 1. The van der Waals surface area contributed by atoms with Gasteiger partial charge in [-0.25, -0.2) is 0 Å². The van der Waals surface area contributed by atoms with E-state index in [0.29, 0.717) is 13.0 Å². The molecule has 12 heteroatoms. The third-order valence-electron chi connectivity index (χ3n) is 4.43. The molecule has 0 bridgehead atoms. The number of halogens is 2. The molecule has 1 unspecified atom stereocenters. The molecule has 1 heterocycles. The van der Waals surface area contributed by atoms with Crippen LogP contribution in [0.5, 0.6) is 5.75 Å². The van der Waals surface area contributed by atoms with Crippen LogP contribution in [-0.2, 0) is 29.2 Å². The van der Waals surface area contributed by atoms with Crippen LogP contribution in [0.3, 0.4) is 0 Å². The number of esters is 1. The van der Waals surface area contributed by atoms with Crippen LogP contribution in [0.25, 0.3) is 0 Å². The highest BCUT2D eigenvalue weighted by Gasteiger charge is 2.26. The molecule has 31 heavy (non-hydrogen) atoms. The number of carbonyl (C=O) groups is 2. The zero-order chi connectivity index (χ0) is 23.2. The van der Waals surface area contributed by atoms with E-state index >= 15 is 0 Å². The molecule has 1 aliphatic rings. The Morgan fingerprint density at radius 3 is 2.39 bits per heavy atom. The summed E-state index contributed by atoms with van der Waals surface area (Å²) in [6.45, 7) is 0.637. The Bertz CT molecular complexity index is 979. The van der Waals surface area contributed by atoms with Gasteiger partial charge in [0.15, 0.2) is 5.75 Å². The number of ether oxygens (including phenoxy) is 3. The molecule has 1 amide bonds. The molecule has 1 aliphatic heterocycles. The summed E-state index contributed by atoms with van der Waals surface area (Å²) in [6.07, 6.45) is -0.858.